The van der Waals surface area contributed by atoms with Gasteiger partial charge in [0.25, 0.3) is 0 Å². The summed E-state index contributed by atoms with van der Waals surface area (Å²) in [5.74, 6) is 0. The molecule has 0 aliphatic heterocycles. The molecule has 1 aliphatic rings. The van der Waals surface area contributed by atoms with Crippen molar-refractivity contribution in [2.75, 3.05) is 0 Å². The number of rotatable bonds is 1. The minimum Gasteiger partial charge on any atom is -0.0619 e. The van der Waals surface area contributed by atoms with E-state index in [1.54, 1.807) is 0 Å². The van der Waals surface area contributed by atoms with Gasteiger partial charge < -0.3 is 0 Å². The highest BCUT2D eigenvalue weighted by Gasteiger charge is 2.19. The molecule has 0 spiro atoms. The largest absolute Gasteiger partial charge is 0.0619 e. The van der Waals surface area contributed by atoms with Crippen molar-refractivity contribution >= 4 is 11.6 Å². The van der Waals surface area contributed by atoms with Crippen LogP contribution in [0.5, 0.6) is 0 Å². The molecule has 0 nitrogen and oxygen atoms in total. The fourth-order valence-corrected chi connectivity index (χ4v) is 3.77. The van der Waals surface area contributed by atoms with Gasteiger partial charge in [-0.2, -0.15) is 0 Å². The van der Waals surface area contributed by atoms with Gasteiger partial charge in [-0.15, -0.1) is 0 Å². The minimum atomic E-state index is 1.00. The molecule has 0 bridgehead atoms. The van der Waals surface area contributed by atoms with Crippen molar-refractivity contribution in [1.82, 2.24) is 0 Å². The molecule has 4 rings (SSSR count). The third kappa shape index (κ3) is 2.49. The fraction of sp³-hybridized carbons (Fsp3) is 0.167. The molecule has 3 aromatic rings. The summed E-state index contributed by atoms with van der Waals surface area (Å²) in [6.45, 7) is 6.64. The first-order chi connectivity index (χ1) is 11.6. The van der Waals surface area contributed by atoms with Crippen LogP contribution in [-0.2, 0) is 6.42 Å². The average Bonchev–Trinajstić information content (AvgIpc) is 2.76. The third-order valence-corrected chi connectivity index (χ3v) is 5.08. The second-order valence-electron chi connectivity index (χ2n) is 6.86. The van der Waals surface area contributed by atoms with E-state index in [1.165, 1.54) is 50.1 Å². The van der Waals surface area contributed by atoms with Crippen molar-refractivity contribution in [3.63, 3.8) is 0 Å². The van der Waals surface area contributed by atoms with Crippen LogP contribution in [0.2, 0.25) is 0 Å². The quantitative estimate of drug-likeness (QED) is 0.398. The predicted octanol–water partition coefficient (Wildman–Crippen LogP) is 6.10. The average molecular weight is 310 g/mol. The molecular weight excluding hydrogens is 288 g/mol. The maximum atomic E-state index is 2.38. The van der Waals surface area contributed by atoms with Crippen LogP contribution >= 0.6 is 0 Å². The van der Waals surface area contributed by atoms with E-state index < -0.39 is 0 Å². The van der Waals surface area contributed by atoms with Gasteiger partial charge in [-0.3, -0.25) is 0 Å². The molecule has 1 aliphatic carbocycles. The number of benzene rings is 3. The second kappa shape index (κ2) is 5.79. The lowest BCUT2D eigenvalue weighted by Gasteiger charge is -2.17. The Hall–Kier alpha value is -2.60. The van der Waals surface area contributed by atoms with Crippen LogP contribution in [0.15, 0.2) is 60.7 Å². The van der Waals surface area contributed by atoms with Gasteiger partial charge in [-0.25, -0.2) is 0 Å². The molecule has 0 aromatic heterocycles. The summed E-state index contributed by atoms with van der Waals surface area (Å²) in [5, 5.41) is 0. The lowest BCUT2D eigenvalue weighted by molar-refractivity contribution is 1.13. The van der Waals surface area contributed by atoms with Crippen LogP contribution in [0.4, 0.5) is 0 Å². The van der Waals surface area contributed by atoms with Gasteiger partial charge in [0.2, 0.25) is 0 Å². The van der Waals surface area contributed by atoms with E-state index in [4.69, 9.17) is 0 Å². The Bertz CT molecular complexity index is 958. The Kier molecular flexibility index (Phi) is 3.61. The highest BCUT2D eigenvalue weighted by molar-refractivity contribution is 5.95. The Morgan fingerprint density at radius 1 is 0.750 bits per heavy atom. The van der Waals surface area contributed by atoms with E-state index >= 15 is 0 Å². The standard InChI is InChI=1S/C24H22/c1-16-7-6-10-21(13-16)23-15-20-9-5-4-8-19(20)14-22-17(2)11-12-18(3)24(22)23/h4-13,15H,14H2,1-3H3. The Balaban J connectivity index is 2.07. The lowest BCUT2D eigenvalue weighted by Crippen LogP contribution is -2.00. The molecule has 0 saturated carbocycles. The second-order valence-corrected chi connectivity index (χ2v) is 6.86. The topological polar surface area (TPSA) is 0 Å². The van der Waals surface area contributed by atoms with Crippen molar-refractivity contribution in [3.8, 4) is 0 Å². The molecule has 0 heterocycles. The molecule has 0 saturated heterocycles. The number of hydrogen-bond donors (Lipinski definition) is 0. The molecular formula is C24H22. The van der Waals surface area contributed by atoms with Crippen molar-refractivity contribution in [1.29, 1.82) is 0 Å². The Morgan fingerprint density at radius 2 is 1.54 bits per heavy atom. The Labute approximate surface area is 144 Å². The molecule has 0 amide bonds. The summed E-state index contributed by atoms with van der Waals surface area (Å²) in [4.78, 5) is 0. The first kappa shape index (κ1) is 15.0. The van der Waals surface area contributed by atoms with Crippen LogP contribution in [0.25, 0.3) is 11.6 Å². The first-order valence-corrected chi connectivity index (χ1v) is 8.59. The van der Waals surface area contributed by atoms with Crippen LogP contribution < -0.4 is 0 Å². The summed E-state index contributed by atoms with van der Waals surface area (Å²) < 4.78 is 0. The van der Waals surface area contributed by atoms with Crippen molar-refractivity contribution in [2.24, 2.45) is 0 Å². The van der Waals surface area contributed by atoms with Gasteiger partial charge in [-0.1, -0.05) is 66.2 Å². The monoisotopic (exact) mass is 310 g/mol. The van der Waals surface area contributed by atoms with Crippen LogP contribution in [-0.4, -0.2) is 0 Å². The normalized spacial score (nSPS) is 12.9. The molecule has 24 heavy (non-hydrogen) atoms. The van der Waals surface area contributed by atoms with Crippen LogP contribution in [0, 0.1) is 20.8 Å². The molecule has 3 aromatic carbocycles. The number of hydrogen-bond acceptors (Lipinski definition) is 0. The summed E-state index contributed by atoms with van der Waals surface area (Å²) in [6.07, 6.45) is 3.38. The van der Waals surface area contributed by atoms with Crippen molar-refractivity contribution in [3.05, 3.63) is 105 Å². The molecule has 0 fully saturated rings. The summed E-state index contributed by atoms with van der Waals surface area (Å²) in [7, 11) is 0. The zero-order chi connectivity index (χ0) is 16.7. The summed E-state index contributed by atoms with van der Waals surface area (Å²) >= 11 is 0. The summed E-state index contributed by atoms with van der Waals surface area (Å²) in [6, 6.07) is 22.2. The zero-order valence-electron chi connectivity index (χ0n) is 14.6. The predicted molar refractivity (Wildman–Crippen MR) is 103 cm³/mol. The minimum absolute atomic E-state index is 1.00. The summed E-state index contributed by atoms with van der Waals surface area (Å²) in [5.41, 5.74) is 12.3. The van der Waals surface area contributed by atoms with E-state index in [0.717, 1.165) is 6.42 Å². The van der Waals surface area contributed by atoms with Crippen LogP contribution in [0.3, 0.4) is 0 Å². The maximum Gasteiger partial charge on any atom is -0.00109 e. The van der Waals surface area contributed by atoms with E-state index in [-0.39, 0.29) is 0 Å². The van der Waals surface area contributed by atoms with Gasteiger partial charge in [0.15, 0.2) is 0 Å². The number of aryl methyl sites for hydroxylation is 3. The SMILES string of the molecule is Cc1cccc(C2=Cc3ccccc3Cc3c(C)ccc(C)c32)c1. The van der Waals surface area contributed by atoms with Crippen LogP contribution in [0.1, 0.15) is 44.5 Å². The van der Waals surface area contributed by atoms with Crippen molar-refractivity contribution in [2.45, 2.75) is 27.2 Å². The molecule has 0 heteroatoms. The van der Waals surface area contributed by atoms with Gasteiger partial charge in [0, 0.05) is 0 Å². The van der Waals surface area contributed by atoms with Gasteiger partial charge in [0.05, 0.1) is 0 Å². The maximum absolute atomic E-state index is 2.38. The number of fused-ring (bicyclic) bond motifs is 2. The molecule has 118 valence electrons. The van der Waals surface area contributed by atoms with Crippen molar-refractivity contribution < 1.29 is 0 Å². The lowest BCUT2D eigenvalue weighted by atomic mass is 9.87. The van der Waals surface area contributed by atoms with E-state index in [0.29, 0.717) is 0 Å². The van der Waals surface area contributed by atoms with Gasteiger partial charge in [-0.05, 0) is 77.8 Å². The van der Waals surface area contributed by atoms with E-state index in [9.17, 15) is 0 Å². The molecule has 0 N–H and O–H groups in total. The smallest absolute Gasteiger partial charge is 0.00109 e. The third-order valence-electron chi connectivity index (χ3n) is 5.08. The molecule has 0 atom stereocenters. The highest BCUT2D eigenvalue weighted by Crippen LogP contribution is 2.37. The Morgan fingerprint density at radius 3 is 2.38 bits per heavy atom. The fourth-order valence-electron chi connectivity index (χ4n) is 3.77. The van der Waals surface area contributed by atoms with E-state index in [1.807, 2.05) is 0 Å². The zero-order valence-corrected chi connectivity index (χ0v) is 14.6. The molecule has 0 radical (unpaired) electrons. The first-order valence-electron chi connectivity index (χ1n) is 8.59. The van der Waals surface area contributed by atoms with E-state index in [2.05, 4.69) is 87.5 Å². The molecule has 0 unspecified atom stereocenters. The van der Waals surface area contributed by atoms with Gasteiger partial charge in [0.1, 0.15) is 0 Å². The van der Waals surface area contributed by atoms with Gasteiger partial charge >= 0.3 is 0 Å². The highest BCUT2D eigenvalue weighted by atomic mass is 14.2.